The number of halogens is 1. The number of pyridine rings is 2. The van der Waals surface area contributed by atoms with Crippen LogP contribution in [0.15, 0.2) is 244 Å². The largest absolute Gasteiger partial charge is 0.475 e. The molecule has 0 bridgehead atoms. The van der Waals surface area contributed by atoms with Crippen molar-refractivity contribution in [1.82, 2.24) is 44.3 Å². The number of likely N-dealkylation sites (tertiary alicyclic amines) is 2. The van der Waals surface area contributed by atoms with Gasteiger partial charge in [-0.3, -0.25) is 14.7 Å². The summed E-state index contributed by atoms with van der Waals surface area (Å²) < 4.78 is 118. The van der Waals surface area contributed by atoms with E-state index in [0.717, 1.165) is 89.5 Å². The lowest BCUT2D eigenvalue weighted by molar-refractivity contribution is 0.0228. The Morgan fingerprint density at radius 2 is 0.869 bits per heavy atom. The van der Waals surface area contributed by atoms with E-state index in [9.17, 15) is 38.5 Å². The van der Waals surface area contributed by atoms with Crippen LogP contribution in [-0.2, 0) is 69.6 Å². The van der Waals surface area contributed by atoms with E-state index in [4.69, 9.17) is 28.4 Å². The van der Waals surface area contributed by atoms with Crippen LogP contribution < -0.4 is 4.74 Å². The van der Waals surface area contributed by atoms with Gasteiger partial charge in [-0.1, -0.05) is 227 Å². The standard InChI is InChI=1S/C14H14O.C12H18N2.C11H12N2O2.C11H14O2.C10H14O2S.C8H10O2S.C7H7BrO2S.C6H14N2.C6H13N.C6H12O.C5H11NO.C5H11N.C2H6O2S.C2H6.3CH4/c1-15-14(12-8-4-2-5-9-12)13-10-6-3-7-11-13;1-13-7-9-14(10-8-13)11-12-5-3-2-4-6-12;1-14-6-7-15-11-10-3-4-12-8-9(10)2-5-13-11;1-11(2,13-3)10(12)9-7-5-4-6-8-9;1-7-5-8(2)10(9(3)6-7)13(4,11)12;1-7-3-5-8(6-4-7)11(2,9)10;1-11(9,10)7-4-2-6(8)3-5-7;1-7-3-5-8(2)6-4-7;1-7-5-3-2-4-6-7;1-6(2)4-5-7-3;1-6-2-4-7-5-3-6;1-6-4-2-3-5-6;1-5(2,3)4;1-2;;;/h2-11,14H,1H3;2-6H,7-11H2,1H3;2-5,8H,6-7H2,1H3;4-8H,1-3H3;5-6H,1-4H3;3-6H,1-2H3;2-5H,1H3;3-6H2,1-2H3;2-6H2,1H3;4H,5H2,1-3H3;2-5H2,1H3;2-5H2,1H3;1-2H3;1-2H3;3*1H4. The molecule has 0 N–H and O–H groups in total. The number of likely N-dealkylation sites (N-methyl/N-ethyl adjacent to an activating group) is 4. The predicted molar refractivity (Wildman–Crippen MR) is 580 cm³/mol. The predicted octanol–water partition coefficient (Wildman–Crippen LogP) is 19.9. The van der Waals surface area contributed by atoms with Crippen LogP contribution in [0.3, 0.4) is 0 Å². The van der Waals surface area contributed by atoms with Crippen LogP contribution in [0.5, 0.6) is 5.88 Å². The molecular weight excluding hydrogens is 1870 g/mol. The van der Waals surface area contributed by atoms with E-state index >= 15 is 0 Å². The summed E-state index contributed by atoms with van der Waals surface area (Å²) in [4.78, 5) is 37.8. The van der Waals surface area contributed by atoms with Crippen LogP contribution in [0.4, 0.5) is 0 Å². The number of piperidine rings is 1. The Morgan fingerprint density at radius 3 is 1.22 bits per heavy atom. The molecule has 137 heavy (non-hydrogen) atoms. The van der Waals surface area contributed by atoms with E-state index in [0.29, 0.717) is 39.3 Å². The first-order valence-corrected chi connectivity index (χ1v) is 54.4. The number of benzene rings is 7. The molecule has 0 unspecified atom stereocenters. The summed E-state index contributed by atoms with van der Waals surface area (Å²) in [5, 5.41) is 2.00. The van der Waals surface area contributed by atoms with Gasteiger partial charge in [0.05, 0.1) is 41.1 Å². The van der Waals surface area contributed by atoms with Gasteiger partial charge in [0.2, 0.25) is 5.88 Å². The summed E-state index contributed by atoms with van der Waals surface area (Å²) in [6.07, 6.45) is 20.4. The van der Waals surface area contributed by atoms with Gasteiger partial charge in [-0.15, -0.1) is 0 Å². The van der Waals surface area contributed by atoms with Crippen LogP contribution in [0, 0.1) is 27.7 Å². The second-order valence-electron chi connectivity index (χ2n) is 34.1. The van der Waals surface area contributed by atoms with E-state index in [1.165, 1.54) is 152 Å². The van der Waals surface area contributed by atoms with Crippen molar-refractivity contribution >= 4 is 71.8 Å². The number of aryl methyl sites for hydroxylation is 4. The van der Waals surface area contributed by atoms with Crippen molar-refractivity contribution < 1.29 is 66.9 Å². The number of rotatable bonds is 17. The summed E-state index contributed by atoms with van der Waals surface area (Å²) >= 11 is 3.22. The van der Waals surface area contributed by atoms with Crippen molar-refractivity contribution in [2.45, 2.75) is 157 Å². The average molecular weight is 2050 g/mol. The molecule has 24 nitrogen and oxygen atoms in total. The summed E-state index contributed by atoms with van der Waals surface area (Å²) in [6, 6.07) is 61.3. The molecule has 9 aromatic rings. The lowest BCUT2D eigenvalue weighted by Gasteiger charge is -2.32. The molecule has 0 aliphatic carbocycles. The third kappa shape index (κ3) is 64.2. The molecule has 7 aromatic carbocycles. The summed E-state index contributed by atoms with van der Waals surface area (Å²) in [7, 11) is 7.83. The maximum Gasteiger partial charge on any atom is 0.221 e. The number of morpholine rings is 1. The van der Waals surface area contributed by atoms with Crippen LogP contribution in [-0.4, -0.2) is 316 Å². The van der Waals surface area contributed by atoms with Gasteiger partial charge in [0.1, 0.15) is 28.1 Å². The first-order valence-electron chi connectivity index (χ1n) is 45.6. The Balaban J connectivity index is -0.00000143. The van der Waals surface area contributed by atoms with Crippen molar-refractivity contribution in [2.75, 3.05) is 227 Å². The van der Waals surface area contributed by atoms with Crippen molar-refractivity contribution in [3.8, 4) is 5.88 Å². The van der Waals surface area contributed by atoms with Gasteiger partial charge < -0.3 is 57.8 Å². The Labute approximate surface area is 839 Å². The number of hydrogen-bond acceptors (Lipinski definition) is 24. The average Bonchev–Trinajstić information content (AvgIpc) is 0.901. The Kier molecular flexibility index (Phi) is 73.0. The maximum atomic E-state index is 11.8. The Hall–Kier alpha value is -7.89. The van der Waals surface area contributed by atoms with Crippen LogP contribution >= 0.6 is 15.9 Å². The second-order valence-corrected chi connectivity index (χ2v) is 43.2. The molecule has 5 saturated heterocycles. The number of piperazine rings is 2. The number of hydrogen-bond donors (Lipinski definition) is 0. The number of allylic oxidation sites excluding steroid dienone is 1. The van der Waals surface area contributed by atoms with Gasteiger partial charge in [-0.25, -0.2) is 38.7 Å². The zero-order chi connectivity index (χ0) is 101. The minimum absolute atomic E-state index is 0. The number of Topliss-reactive ketones (excluding diaryl/α,β-unsaturated/α-hetero) is 1. The number of ketones is 1. The number of carbonyl (C=O) groups excluding carboxylic acids is 1. The fourth-order valence-electron chi connectivity index (χ4n) is 12.9. The normalized spacial score (nSPS) is 14.5. The van der Waals surface area contributed by atoms with Gasteiger partial charge in [0.15, 0.2) is 35.3 Å². The van der Waals surface area contributed by atoms with Gasteiger partial charge >= 0.3 is 0 Å². The number of methoxy groups -OCH3 is 4. The Bertz CT molecular complexity index is 4910. The smallest absolute Gasteiger partial charge is 0.221 e. The molecule has 2 aromatic heterocycles. The van der Waals surface area contributed by atoms with E-state index < -0.39 is 45.0 Å². The first-order chi connectivity index (χ1) is 63.3. The summed E-state index contributed by atoms with van der Waals surface area (Å²) in [5.74, 6) is 0.641. The summed E-state index contributed by atoms with van der Waals surface area (Å²) in [6.45, 7) is 41.1. The number of nitrogens with zero attached hydrogens (tertiary/aromatic N) is 9. The fourth-order valence-corrected chi connectivity index (χ4v) is 15.7. The summed E-state index contributed by atoms with van der Waals surface area (Å²) in [5.41, 5.74) is 8.90. The minimum atomic E-state index is -3.08. The molecule has 0 spiro atoms. The number of carbonyl (C=O) groups is 1. The topological polar surface area (TPSA) is 257 Å². The van der Waals surface area contributed by atoms with Gasteiger partial charge in [-0.05, 0) is 226 Å². The molecule has 0 atom stereocenters. The molecule has 29 heteroatoms. The molecular formula is C108H174BrN9O15S4. The van der Waals surface area contributed by atoms with E-state index in [2.05, 4.69) is 171 Å². The molecule has 5 aliphatic heterocycles. The fraction of sp³-hybridized carbons (Fsp3) is 0.509. The number of aromatic nitrogens is 2. The van der Waals surface area contributed by atoms with Gasteiger partial charge in [0, 0.05) is 171 Å². The molecule has 772 valence electrons. The third-order valence-corrected chi connectivity index (χ3v) is 24.8. The quantitative estimate of drug-likeness (QED) is 0.0466. The van der Waals surface area contributed by atoms with E-state index in [1.54, 1.807) is 122 Å². The Morgan fingerprint density at radius 1 is 0.474 bits per heavy atom. The molecule has 14 rings (SSSR count). The molecule has 0 saturated carbocycles. The molecule has 0 radical (unpaired) electrons. The first kappa shape index (κ1) is 133. The van der Waals surface area contributed by atoms with Crippen molar-refractivity contribution in [3.05, 3.63) is 273 Å². The monoisotopic (exact) mass is 2040 g/mol. The second kappa shape index (κ2) is 75.0. The number of ether oxygens (including phenoxy) is 6. The van der Waals surface area contributed by atoms with Gasteiger partial charge in [-0.2, -0.15) is 0 Å². The maximum absolute atomic E-state index is 11.8. The lowest BCUT2D eigenvalue weighted by Crippen LogP contribution is -2.43. The van der Waals surface area contributed by atoms with Crippen molar-refractivity contribution in [2.24, 2.45) is 0 Å². The zero-order valence-corrected chi connectivity index (χ0v) is 90.1. The lowest BCUT2D eigenvalue weighted by atomic mass is 9.97. The highest BCUT2D eigenvalue weighted by Crippen LogP contribution is 2.26. The van der Waals surface area contributed by atoms with Crippen LogP contribution in [0.25, 0.3) is 10.8 Å². The van der Waals surface area contributed by atoms with E-state index in [-0.39, 0.29) is 34.2 Å². The highest BCUT2D eigenvalue weighted by Gasteiger charge is 2.28. The third-order valence-electron chi connectivity index (χ3n) is 20.6. The minimum Gasteiger partial charge on any atom is -0.475 e. The van der Waals surface area contributed by atoms with E-state index in [1.807, 2.05) is 126 Å². The molecule has 7 heterocycles. The highest BCUT2D eigenvalue weighted by atomic mass is 79.9. The molecule has 5 aliphatic rings. The highest BCUT2D eigenvalue weighted by molar-refractivity contribution is 9.10. The van der Waals surface area contributed by atoms with Gasteiger partial charge in [0.25, 0.3) is 0 Å². The molecule has 5 fully saturated rings. The van der Waals surface area contributed by atoms with Crippen molar-refractivity contribution in [3.63, 3.8) is 0 Å². The SMILES string of the molecule is C.C.C.CC.CN1CCCC1.CN1CCCCC1.CN1CCN(C)CC1.CN1CCN(Cc2ccccc2)CC1.CN1CCOCC1.COC(C)(C)C(=O)c1ccccc1.COC(c1ccccc1)c1ccccc1.COCC=C(C)C.COCCOc1nccc2cnccc12.CS(=O)(=O)c1ccc(Br)cc1.CS(C)(=O)=O.Cc1cc(C)c(S(C)(=O)=O)c(C)c1.Cc1ccc(S(C)(=O)=O)cc1. The molecule has 0 amide bonds. The number of sulfone groups is 4. The van der Waals surface area contributed by atoms with Crippen molar-refractivity contribution in [1.29, 1.82) is 0 Å². The zero-order valence-electron chi connectivity index (χ0n) is 85.2. The van der Waals surface area contributed by atoms with Crippen LogP contribution in [0.2, 0.25) is 0 Å². The van der Waals surface area contributed by atoms with Crippen LogP contribution in [0.1, 0.15) is 151 Å². The number of fused-ring (bicyclic) bond motifs is 1.